The molecule has 0 aliphatic carbocycles. The van der Waals surface area contributed by atoms with Gasteiger partial charge in [0.25, 0.3) is 0 Å². The SMILES string of the molecule is Cn1nc(C(F)(F)F)c(CS(=O)(=O)C2=NOC(C)(C)C2)c1OC(F)F.O=C(O)C1=NOC(c2ccccc2)(c2ccccc2)C1. The zero-order valence-corrected chi connectivity index (χ0v) is 24.8. The topological polar surface area (TPSA) is 142 Å². The van der Waals surface area contributed by atoms with E-state index in [9.17, 15) is 35.2 Å². The van der Waals surface area contributed by atoms with E-state index in [0.29, 0.717) is 4.68 Å². The van der Waals surface area contributed by atoms with Crippen LogP contribution in [0.15, 0.2) is 71.0 Å². The number of hydrogen-bond donors (Lipinski definition) is 1. The number of halogens is 5. The maximum absolute atomic E-state index is 13.1. The lowest BCUT2D eigenvalue weighted by Gasteiger charge is -2.27. The Morgan fingerprint density at radius 1 is 1.00 bits per heavy atom. The summed E-state index contributed by atoms with van der Waals surface area (Å²) in [5.41, 5.74) is -2.59. The standard InChI is InChI=1S/C16H13NO3.C12H14F5N3O4S/c18-15(19)14-11-16(20-17-14,12-7-3-1-4-8-12)13-9-5-2-6-10-13;1-11(2)4-7(19-24-11)25(21,22)5-6-8(12(15,16)17)18-20(3)9(6)23-10(13)14/h1-10H,11H2,(H,18,19);10H,4-5H2,1-3H3. The summed E-state index contributed by atoms with van der Waals surface area (Å²) in [6, 6.07) is 19.1. The van der Waals surface area contributed by atoms with E-state index < -0.39 is 67.7 Å². The van der Waals surface area contributed by atoms with Gasteiger partial charge in [-0.2, -0.15) is 27.1 Å². The maximum atomic E-state index is 13.1. The summed E-state index contributed by atoms with van der Waals surface area (Å²) in [5, 5.41) is 18.9. The van der Waals surface area contributed by atoms with Crippen molar-refractivity contribution < 1.29 is 54.7 Å². The van der Waals surface area contributed by atoms with E-state index in [0.717, 1.165) is 18.2 Å². The molecule has 242 valence electrons. The number of alkyl halides is 5. The molecule has 0 fully saturated rings. The van der Waals surface area contributed by atoms with Crippen LogP contribution < -0.4 is 4.74 Å². The fraction of sp³-hybridized carbons (Fsp3) is 0.357. The third-order valence-electron chi connectivity index (χ3n) is 6.68. The zero-order valence-electron chi connectivity index (χ0n) is 24.0. The van der Waals surface area contributed by atoms with Crippen LogP contribution in [-0.4, -0.2) is 52.2 Å². The molecule has 2 aliphatic rings. The summed E-state index contributed by atoms with van der Waals surface area (Å²) >= 11 is 0. The van der Waals surface area contributed by atoms with Gasteiger partial charge in [-0.3, -0.25) is 0 Å². The van der Waals surface area contributed by atoms with E-state index in [1.54, 1.807) is 0 Å². The van der Waals surface area contributed by atoms with Crippen molar-refractivity contribution in [2.75, 3.05) is 0 Å². The van der Waals surface area contributed by atoms with Crippen LogP contribution in [0.3, 0.4) is 0 Å². The quantitative estimate of drug-likeness (QED) is 0.339. The third kappa shape index (κ3) is 7.41. The second kappa shape index (κ2) is 12.5. The number of carboxylic acid groups (broad SMARTS) is 1. The molecule has 0 radical (unpaired) electrons. The van der Waals surface area contributed by atoms with Crippen molar-refractivity contribution in [2.24, 2.45) is 17.4 Å². The molecule has 0 atom stereocenters. The molecule has 0 unspecified atom stereocenters. The van der Waals surface area contributed by atoms with Gasteiger partial charge in [0.2, 0.25) is 5.88 Å². The molecule has 0 spiro atoms. The normalized spacial score (nSPS) is 17.0. The number of aryl methyl sites for hydroxylation is 1. The summed E-state index contributed by atoms with van der Waals surface area (Å²) in [7, 11) is -3.43. The summed E-state index contributed by atoms with van der Waals surface area (Å²) < 4.78 is 93.4. The summed E-state index contributed by atoms with van der Waals surface area (Å²) in [5.74, 6) is -3.28. The highest BCUT2D eigenvalue weighted by Gasteiger charge is 2.45. The number of nitrogens with zero attached hydrogens (tertiary/aromatic N) is 4. The van der Waals surface area contributed by atoms with Gasteiger partial charge in [0.05, 0.1) is 17.7 Å². The van der Waals surface area contributed by atoms with Gasteiger partial charge >= 0.3 is 18.8 Å². The van der Waals surface area contributed by atoms with Gasteiger partial charge in [-0.05, 0) is 13.8 Å². The van der Waals surface area contributed by atoms with Gasteiger partial charge < -0.3 is 19.5 Å². The molecule has 11 nitrogen and oxygen atoms in total. The molecule has 5 rings (SSSR count). The van der Waals surface area contributed by atoms with Crippen LogP contribution in [-0.2, 0) is 48.9 Å². The van der Waals surface area contributed by atoms with E-state index in [4.69, 9.17) is 14.8 Å². The second-order valence-electron chi connectivity index (χ2n) is 10.6. The Morgan fingerprint density at radius 3 is 1.98 bits per heavy atom. The molecule has 0 amide bonds. The van der Waals surface area contributed by atoms with E-state index in [2.05, 4.69) is 20.1 Å². The molecule has 3 heterocycles. The van der Waals surface area contributed by atoms with Crippen molar-refractivity contribution in [3.63, 3.8) is 0 Å². The largest absolute Gasteiger partial charge is 0.477 e. The Morgan fingerprint density at radius 2 is 1.56 bits per heavy atom. The Balaban J connectivity index is 0.000000209. The van der Waals surface area contributed by atoms with Crippen LogP contribution in [0.1, 0.15) is 49.1 Å². The number of benzene rings is 2. The molecule has 45 heavy (non-hydrogen) atoms. The molecule has 3 aromatic rings. The van der Waals surface area contributed by atoms with Crippen molar-refractivity contribution >= 4 is 26.6 Å². The minimum atomic E-state index is -5.06. The molecule has 1 N–H and O–H groups in total. The number of sulfone groups is 1. The first kappa shape index (κ1) is 33.4. The van der Waals surface area contributed by atoms with Crippen LogP contribution in [0.5, 0.6) is 5.88 Å². The molecule has 2 aromatic carbocycles. The second-order valence-corrected chi connectivity index (χ2v) is 12.6. The highest BCUT2D eigenvalue weighted by molar-refractivity contribution is 8.05. The Hall–Kier alpha value is -4.54. The van der Waals surface area contributed by atoms with Crippen LogP contribution >= 0.6 is 0 Å². The summed E-state index contributed by atoms with van der Waals surface area (Å²) in [6.45, 7) is -0.380. The smallest absolute Gasteiger partial charge is 0.435 e. The van der Waals surface area contributed by atoms with Gasteiger partial charge in [0.1, 0.15) is 5.60 Å². The van der Waals surface area contributed by atoms with E-state index in [1.165, 1.54) is 13.8 Å². The molecular weight excluding hydrogens is 631 g/mol. The van der Waals surface area contributed by atoms with E-state index in [1.807, 2.05) is 60.7 Å². The molecule has 17 heteroatoms. The first-order chi connectivity index (χ1) is 20.9. The molecule has 0 saturated heterocycles. The predicted octanol–water partition coefficient (Wildman–Crippen LogP) is 5.26. The lowest BCUT2D eigenvalue weighted by atomic mass is 9.82. The van der Waals surface area contributed by atoms with Gasteiger partial charge in [-0.15, -0.1) is 0 Å². The van der Waals surface area contributed by atoms with Gasteiger partial charge in [0, 0.05) is 24.6 Å². The number of aromatic nitrogens is 2. The van der Waals surface area contributed by atoms with Crippen LogP contribution in [0.2, 0.25) is 0 Å². The average Bonchev–Trinajstić information content (AvgIpc) is 3.67. The van der Waals surface area contributed by atoms with Crippen LogP contribution in [0, 0.1) is 0 Å². The van der Waals surface area contributed by atoms with Crippen molar-refractivity contribution in [3.8, 4) is 5.88 Å². The summed E-state index contributed by atoms with van der Waals surface area (Å²) in [4.78, 5) is 21.6. The van der Waals surface area contributed by atoms with Crippen molar-refractivity contribution in [1.82, 2.24) is 9.78 Å². The van der Waals surface area contributed by atoms with Crippen molar-refractivity contribution in [3.05, 3.63) is 83.0 Å². The summed E-state index contributed by atoms with van der Waals surface area (Å²) in [6.07, 6.45) is -5.00. The van der Waals surface area contributed by atoms with Crippen molar-refractivity contribution in [2.45, 2.75) is 56.4 Å². The van der Waals surface area contributed by atoms with E-state index in [-0.39, 0.29) is 18.6 Å². The number of carbonyl (C=O) groups is 1. The van der Waals surface area contributed by atoms with E-state index >= 15 is 0 Å². The predicted molar refractivity (Wildman–Crippen MR) is 149 cm³/mol. The van der Waals surface area contributed by atoms with Crippen LogP contribution in [0.4, 0.5) is 22.0 Å². The zero-order chi connectivity index (χ0) is 33.2. The minimum Gasteiger partial charge on any atom is -0.477 e. The Kier molecular flexibility index (Phi) is 9.23. The molecule has 2 aliphatic heterocycles. The lowest BCUT2D eigenvalue weighted by molar-refractivity contribution is -0.142. The number of oxime groups is 2. The number of hydrogen-bond acceptors (Lipinski definition) is 9. The number of aliphatic carboxylic acids is 1. The number of carboxylic acids is 1. The van der Waals surface area contributed by atoms with Crippen molar-refractivity contribution in [1.29, 1.82) is 0 Å². The molecular formula is C28H27F5N4O7S. The molecule has 1 aromatic heterocycles. The first-order valence-corrected chi connectivity index (χ1v) is 14.8. The van der Waals surface area contributed by atoms with Gasteiger partial charge in [-0.25, -0.2) is 17.9 Å². The minimum absolute atomic E-state index is 0.0395. The van der Waals surface area contributed by atoms with Crippen LogP contribution in [0.25, 0.3) is 0 Å². The lowest BCUT2D eigenvalue weighted by Crippen LogP contribution is -2.29. The maximum Gasteiger partial charge on any atom is 0.435 e. The fourth-order valence-electron chi connectivity index (χ4n) is 4.62. The molecule has 0 saturated carbocycles. The van der Waals surface area contributed by atoms with Gasteiger partial charge in [-0.1, -0.05) is 71.0 Å². The Bertz CT molecular complexity index is 1670. The number of rotatable bonds is 7. The van der Waals surface area contributed by atoms with Gasteiger partial charge in [0.15, 0.2) is 31.9 Å². The highest BCUT2D eigenvalue weighted by Crippen LogP contribution is 2.41. The monoisotopic (exact) mass is 658 g/mol. The molecule has 0 bridgehead atoms. The fourth-order valence-corrected chi connectivity index (χ4v) is 6.15. The number of ether oxygens (including phenoxy) is 1. The highest BCUT2D eigenvalue weighted by atomic mass is 32.2. The third-order valence-corrected chi connectivity index (χ3v) is 8.28. The Labute approximate surface area is 253 Å². The average molecular weight is 659 g/mol. The first-order valence-electron chi connectivity index (χ1n) is 13.1.